The van der Waals surface area contributed by atoms with Crippen LogP contribution in [0.2, 0.25) is 0 Å². The summed E-state index contributed by atoms with van der Waals surface area (Å²) in [5.74, 6) is 1.21. The first kappa shape index (κ1) is 26.2. The molecule has 0 N–H and O–H groups in total. The van der Waals surface area contributed by atoms with E-state index < -0.39 is 0 Å². The molecule has 1 aromatic rings. The topological polar surface area (TPSA) is 52.6 Å². The second-order valence-electron chi connectivity index (χ2n) is 8.23. The van der Waals surface area contributed by atoms with Crippen LogP contribution in [0.4, 0.5) is 0 Å². The Morgan fingerprint density at radius 3 is 1.80 bits per heavy atom. The summed E-state index contributed by atoms with van der Waals surface area (Å²) in [6.07, 6.45) is 18.4. The van der Waals surface area contributed by atoms with Gasteiger partial charge in [0.1, 0.15) is 17.3 Å². The van der Waals surface area contributed by atoms with Crippen LogP contribution in [-0.2, 0) is 11.2 Å². The van der Waals surface area contributed by atoms with Crippen molar-refractivity contribution >= 4 is 12.1 Å². The molecule has 0 bridgehead atoms. The van der Waals surface area contributed by atoms with Gasteiger partial charge in [-0.25, -0.2) is 0 Å². The highest BCUT2D eigenvalue weighted by Crippen LogP contribution is 2.28. The van der Waals surface area contributed by atoms with E-state index in [4.69, 9.17) is 9.47 Å². The zero-order chi connectivity index (χ0) is 22.0. The maximum absolute atomic E-state index is 12.4. The van der Waals surface area contributed by atoms with Crippen LogP contribution >= 0.6 is 0 Å². The van der Waals surface area contributed by atoms with E-state index in [1.165, 1.54) is 77.7 Å². The lowest BCUT2D eigenvalue weighted by Gasteiger charge is -2.12. The van der Waals surface area contributed by atoms with E-state index in [-0.39, 0.29) is 12.2 Å². The van der Waals surface area contributed by atoms with Crippen LogP contribution in [0.5, 0.6) is 11.5 Å². The summed E-state index contributed by atoms with van der Waals surface area (Å²) in [6.45, 7) is 2.26. The fraction of sp³-hybridized carbons (Fsp3) is 0.692. The van der Waals surface area contributed by atoms with E-state index in [0.29, 0.717) is 29.0 Å². The minimum absolute atomic E-state index is 0.163. The van der Waals surface area contributed by atoms with E-state index >= 15 is 0 Å². The highest BCUT2D eigenvalue weighted by atomic mass is 16.5. The maximum atomic E-state index is 12.4. The summed E-state index contributed by atoms with van der Waals surface area (Å²) >= 11 is 0. The summed E-state index contributed by atoms with van der Waals surface area (Å²) < 4.78 is 10.5. The fourth-order valence-corrected chi connectivity index (χ4v) is 3.86. The Morgan fingerprint density at radius 1 is 0.800 bits per heavy atom. The number of aldehydes is 1. The number of carbonyl (C=O) groups is 2. The smallest absolute Gasteiger partial charge is 0.154 e. The third kappa shape index (κ3) is 10.8. The second kappa shape index (κ2) is 16.9. The molecule has 170 valence electrons. The Kier molecular flexibility index (Phi) is 14.8. The van der Waals surface area contributed by atoms with Crippen LogP contribution in [0.25, 0.3) is 0 Å². The Labute approximate surface area is 183 Å². The predicted molar refractivity (Wildman–Crippen MR) is 124 cm³/mol. The number of ether oxygens (including phenoxy) is 2. The van der Waals surface area contributed by atoms with Crippen LogP contribution in [-0.4, -0.2) is 26.3 Å². The highest BCUT2D eigenvalue weighted by molar-refractivity contribution is 5.88. The summed E-state index contributed by atoms with van der Waals surface area (Å²) in [7, 11) is 3.08. The summed E-state index contributed by atoms with van der Waals surface area (Å²) in [5.41, 5.74) is 1.12. The number of ketones is 1. The van der Waals surface area contributed by atoms with Crippen LogP contribution in [0.3, 0.4) is 0 Å². The molecular formula is C26H42O4. The molecule has 0 unspecified atom stereocenters. The van der Waals surface area contributed by atoms with Crippen molar-refractivity contribution < 1.29 is 19.1 Å². The van der Waals surface area contributed by atoms with Gasteiger partial charge in [0.05, 0.1) is 19.8 Å². The van der Waals surface area contributed by atoms with E-state index in [9.17, 15) is 9.59 Å². The first-order valence-electron chi connectivity index (χ1n) is 11.9. The van der Waals surface area contributed by atoms with Crippen molar-refractivity contribution in [3.63, 3.8) is 0 Å². The molecule has 0 saturated carbocycles. The van der Waals surface area contributed by atoms with E-state index in [1.807, 2.05) is 0 Å². The van der Waals surface area contributed by atoms with Crippen molar-refractivity contribution in [3.05, 3.63) is 23.3 Å². The van der Waals surface area contributed by atoms with E-state index in [1.54, 1.807) is 19.2 Å². The molecule has 0 saturated heterocycles. The first-order chi connectivity index (χ1) is 14.7. The van der Waals surface area contributed by atoms with Gasteiger partial charge in [-0.2, -0.15) is 0 Å². The number of unbranched alkanes of at least 4 members (excludes halogenated alkanes) is 12. The molecule has 0 aromatic heterocycles. The Bertz CT molecular complexity index is 609. The molecule has 1 rings (SSSR count). The normalized spacial score (nSPS) is 10.8. The van der Waals surface area contributed by atoms with Gasteiger partial charge in [0.25, 0.3) is 0 Å². The molecule has 0 aliphatic rings. The standard InChI is InChI=1S/C26H42O4/c1-4-5-6-7-8-9-10-11-12-13-14-15-16-17-23(28)18-22-19-24(29-2)20-26(30-3)25(22)21-27/h19-21H,4-18H2,1-3H3. The maximum Gasteiger partial charge on any atom is 0.154 e. The van der Waals surface area contributed by atoms with Crippen molar-refractivity contribution in [2.75, 3.05) is 14.2 Å². The molecule has 0 aliphatic carbocycles. The van der Waals surface area contributed by atoms with Crippen molar-refractivity contribution in [2.45, 2.75) is 103 Å². The average Bonchev–Trinajstić information content (AvgIpc) is 2.76. The quantitative estimate of drug-likeness (QED) is 0.177. The van der Waals surface area contributed by atoms with Gasteiger partial charge < -0.3 is 9.47 Å². The Balaban J connectivity index is 2.16. The first-order valence-corrected chi connectivity index (χ1v) is 11.9. The molecule has 4 nitrogen and oxygen atoms in total. The van der Waals surface area contributed by atoms with E-state index in [0.717, 1.165) is 19.1 Å². The molecule has 0 spiro atoms. The largest absolute Gasteiger partial charge is 0.497 e. The van der Waals surface area contributed by atoms with Crippen LogP contribution < -0.4 is 9.47 Å². The SMILES string of the molecule is CCCCCCCCCCCCCCCC(=O)Cc1cc(OC)cc(OC)c1C=O. The van der Waals surface area contributed by atoms with Crippen LogP contribution in [0.15, 0.2) is 12.1 Å². The number of Topliss-reactive ketones (excluding diaryl/α,β-unsaturated/α-hetero) is 1. The van der Waals surface area contributed by atoms with Gasteiger partial charge in [-0.3, -0.25) is 9.59 Å². The number of methoxy groups -OCH3 is 2. The monoisotopic (exact) mass is 418 g/mol. The number of hydrogen-bond donors (Lipinski definition) is 0. The number of hydrogen-bond acceptors (Lipinski definition) is 4. The molecule has 0 amide bonds. The lowest BCUT2D eigenvalue weighted by molar-refractivity contribution is -0.118. The zero-order valence-electron chi connectivity index (χ0n) is 19.5. The lowest BCUT2D eigenvalue weighted by atomic mass is 9.98. The lowest BCUT2D eigenvalue weighted by Crippen LogP contribution is -2.07. The molecule has 0 atom stereocenters. The van der Waals surface area contributed by atoms with Gasteiger partial charge in [-0.1, -0.05) is 84.0 Å². The molecule has 4 heteroatoms. The number of carbonyl (C=O) groups excluding carboxylic acids is 2. The summed E-state index contributed by atoms with van der Waals surface area (Å²) in [4.78, 5) is 23.8. The van der Waals surface area contributed by atoms with Gasteiger partial charge in [0.15, 0.2) is 6.29 Å². The van der Waals surface area contributed by atoms with Gasteiger partial charge in [-0.15, -0.1) is 0 Å². The zero-order valence-corrected chi connectivity index (χ0v) is 19.5. The summed E-state index contributed by atoms with van der Waals surface area (Å²) in [5, 5.41) is 0. The van der Waals surface area contributed by atoms with Crippen molar-refractivity contribution in [1.29, 1.82) is 0 Å². The van der Waals surface area contributed by atoms with Gasteiger partial charge in [0, 0.05) is 18.9 Å². The third-order valence-electron chi connectivity index (χ3n) is 5.72. The molecule has 30 heavy (non-hydrogen) atoms. The van der Waals surface area contributed by atoms with Crippen LogP contribution in [0, 0.1) is 0 Å². The molecule has 0 heterocycles. The van der Waals surface area contributed by atoms with Gasteiger partial charge >= 0.3 is 0 Å². The molecule has 0 fully saturated rings. The molecule has 0 aliphatic heterocycles. The minimum atomic E-state index is 0.163. The third-order valence-corrected chi connectivity index (χ3v) is 5.72. The summed E-state index contributed by atoms with van der Waals surface area (Å²) in [6, 6.07) is 3.43. The molecular weight excluding hydrogens is 376 g/mol. The van der Waals surface area contributed by atoms with Crippen molar-refractivity contribution in [1.82, 2.24) is 0 Å². The minimum Gasteiger partial charge on any atom is -0.497 e. The highest BCUT2D eigenvalue weighted by Gasteiger charge is 2.14. The van der Waals surface area contributed by atoms with E-state index in [2.05, 4.69) is 6.92 Å². The second-order valence-corrected chi connectivity index (χ2v) is 8.23. The average molecular weight is 419 g/mol. The van der Waals surface area contributed by atoms with Crippen molar-refractivity contribution in [2.24, 2.45) is 0 Å². The van der Waals surface area contributed by atoms with Crippen molar-refractivity contribution in [3.8, 4) is 11.5 Å². The van der Waals surface area contributed by atoms with Gasteiger partial charge in [0.2, 0.25) is 0 Å². The Hall–Kier alpha value is -1.84. The molecule has 1 aromatic carbocycles. The Morgan fingerprint density at radius 2 is 1.33 bits per heavy atom. The van der Waals surface area contributed by atoms with Crippen LogP contribution in [0.1, 0.15) is 113 Å². The predicted octanol–water partition coefficient (Wildman–Crippen LogP) is 7.11. The van der Waals surface area contributed by atoms with Gasteiger partial charge in [-0.05, 0) is 18.1 Å². The fourth-order valence-electron chi connectivity index (χ4n) is 3.86. The molecule has 0 radical (unpaired) electrons. The number of benzene rings is 1. The number of rotatable bonds is 19.